The highest BCUT2D eigenvalue weighted by Crippen LogP contribution is 2.53. The van der Waals surface area contributed by atoms with E-state index >= 15 is 0 Å². The van der Waals surface area contributed by atoms with Crippen LogP contribution in [-0.2, 0) is 32.7 Å². The summed E-state index contributed by atoms with van der Waals surface area (Å²) in [4.78, 5) is 16.9. The van der Waals surface area contributed by atoms with Crippen molar-refractivity contribution in [1.82, 2.24) is 9.88 Å². The predicted octanol–water partition coefficient (Wildman–Crippen LogP) is 4.93. The molecule has 12 heteroatoms. The minimum atomic E-state index is -5.08. The van der Waals surface area contributed by atoms with Gasteiger partial charge in [0, 0.05) is 24.5 Å². The lowest BCUT2D eigenvalue weighted by molar-refractivity contribution is -0.192. The fraction of sp³-hybridized carbons (Fsp3) is 0.360. The molecule has 1 saturated heterocycles. The van der Waals surface area contributed by atoms with Crippen LogP contribution in [0.25, 0.3) is 0 Å². The first-order valence-corrected chi connectivity index (χ1v) is 13.8. The maximum Gasteiger partial charge on any atom is 0.490 e. The molecule has 1 N–H and O–H groups in total. The summed E-state index contributed by atoms with van der Waals surface area (Å²) in [5.41, 5.74) is 5.77. The molecular weight excluding hydrogens is 527 g/mol. The van der Waals surface area contributed by atoms with E-state index in [0.717, 1.165) is 42.1 Å². The number of para-hydroxylation sites is 1. The summed E-state index contributed by atoms with van der Waals surface area (Å²) >= 11 is 1.68. The largest absolute Gasteiger partial charge is 0.490 e. The van der Waals surface area contributed by atoms with E-state index in [4.69, 9.17) is 9.90 Å². The van der Waals surface area contributed by atoms with Crippen molar-refractivity contribution in [3.8, 4) is 0 Å². The lowest BCUT2D eigenvalue weighted by Crippen LogP contribution is -2.48. The number of rotatable bonds is 4. The third-order valence-electron chi connectivity index (χ3n) is 6.73. The van der Waals surface area contributed by atoms with Crippen molar-refractivity contribution >= 4 is 33.0 Å². The van der Waals surface area contributed by atoms with Gasteiger partial charge in [0.25, 0.3) is 0 Å². The number of carboxylic acids is 1. The summed E-state index contributed by atoms with van der Waals surface area (Å²) in [5, 5.41) is 7.12. The number of piperidine rings is 1. The van der Waals surface area contributed by atoms with E-state index in [1.165, 1.54) is 4.88 Å². The van der Waals surface area contributed by atoms with Crippen molar-refractivity contribution in [3.05, 3.63) is 81.8 Å². The standard InChI is InChI=1S/C23H25N3O2S2.C2HF3O2/c1-18-22(29-17-24-18)16-25-13-11-23(12-14-25)20-9-5-6-10-21(20)26(30(23,27)28)15-19-7-3-2-4-8-19;3-2(4,5)1(6)7/h2-10,17H,11-16H2,1H3;(H,6,7). The quantitative estimate of drug-likeness (QED) is 0.493. The molecule has 0 radical (unpaired) electrons. The second kappa shape index (κ2) is 10.4. The molecule has 1 fully saturated rings. The fourth-order valence-electron chi connectivity index (χ4n) is 4.76. The summed E-state index contributed by atoms with van der Waals surface area (Å²) in [5.74, 6) is -2.76. The topological polar surface area (TPSA) is 90.8 Å². The van der Waals surface area contributed by atoms with Crippen molar-refractivity contribution in [3.63, 3.8) is 0 Å². The Labute approximate surface area is 217 Å². The Morgan fingerprint density at radius 2 is 1.65 bits per heavy atom. The van der Waals surface area contributed by atoms with Gasteiger partial charge >= 0.3 is 12.1 Å². The summed E-state index contributed by atoms with van der Waals surface area (Å²) in [6.45, 7) is 4.80. The molecule has 5 rings (SSSR count). The van der Waals surface area contributed by atoms with Gasteiger partial charge in [-0.3, -0.25) is 9.21 Å². The average Bonchev–Trinajstić information content (AvgIpc) is 3.34. The maximum absolute atomic E-state index is 13.9. The van der Waals surface area contributed by atoms with Gasteiger partial charge in [0.05, 0.1) is 23.4 Å². The number of halogens is 3. The highest BCUT2D eigenvalue weighted by Gasteiger charge is 2.56. The number of anilines is 1. The Kier molecular flexibility index (Phi) is 7.63. The zero-order valence-corrected chi connectivity index (χ0v) is 21.6. The number of aromatic nitrogens is 1. The van der Waals surface area contributed by atoms with Crippen molar-refractivity contribution in [2.24, 2.45) is 0 Å². The fourth-order valence-corrected chi connectivity index (χ4v) is 7.88. The van der Waals surface area contributed by atoms with Crippen molar-refractivity contribution < 1.29 is 31.5 Å². The van der Waals surface area contributed by atoms with Crippen LogP contribution in [0.15, 0.2) is 60.1 Å². The van der Waals surface area contributed by atoms with Crippen LogP contribution in [0.2, 0.25) is 0 Å². The number of aryl methyl sites for hydroxylation is 1. The minimum Gasteiger partial charge on any atom is -0.475 e. The molecule has 3 aromatic rings. The Balaban J connectivity index is 0.000000405. The second-order valence-electron chi connectivity index (χ2n) is 8.95. The Bertz CT molecular complexity index is 1350. The first kappa shape index (κ1) is 27.1. The van der Waals surface area contributed by atoms with Crippen molar-refractivity contribution in [2.45, 2.75) is 43.8 Å². The molecule has 1 spiro atoms. The van der Waals surface area contributed by atoms with E-state index in [0.29, 0.717) is 19.4 Å². The lowest BCUT2D eigenvalue weighted by atomic mass is 9.87. The number of hydrogen-bond donors (Lipinski definition) is 1. The molecule has 198 valence electrons. The van der Waals surface area contributed by atoms with Gasteiger partial charge in [0.1, 0.15) is 4.75 Å². The molecule has 7 nitrogen and oxygen atoms in total. The van der Waals surface area contributed by atoms with Crippen LogP contribution in [0, 0.1) is 6.92 Å². The van der Waals surface area contributed by atoms with Crippen LogP contribution in [0.5, 0.6) is 0 Å². The van der Waals surface area contributed by atoms with Gasteiger partial charge in [0.2, 0.25) is 10.0 Å². The number of alkyl halides is 3. The van der Waals surface area contributed by atoms with Crippen LogP contribution in [0.1, 0.15) is 34.5 Å². The first-order chi connectivity index (χ1) is 17.5. The summed E-state index contributed by atoms with van der Waals surface area (Å²) < 4.78 is 60.4. The molecule has 3 heterocycles. The number of thiazole rings is 1. The molecule has 0 aliphatic carbocycles. The first-order valence-electron chi connectivity index (χ1n) is 11.5. The SMILES string of the molecule is Cc1ncsc1CN1CCC2(CC1)c1ccccc1N(Cc1ccccc1)S2(=O)=O.O=C(O)C(F)(F)F. The third kappa shape index (κ3) is 5.36. The average molecular weight is 554 g/mol. The van der Waals surface area contributed by atoms with E-state index in [1.54, 1.807) is 15.6 Å². The number of carbonyl (C=O) groups is 1. The predicted molar refractivity (Wildman–Crippen MR) is 135 cm³/mol. The van der Waals surface area contributed by atoms with E-state index < -0.39 is 26.9 Å². The van der Waals surface area contributed by atoms with Gasteiger partial charge in [-0.15, -0.1) is 11.3 Å². The smallest absolute Gasteiger partial charge is 0.475 e. The van der Waals surface area contributed by atoms with E-state index in [1.807, 2.05) is 67.0 Å². The minimum absolute atomic E-state index is 0.381. The Hall–Kier alpha value is -2.96. The Morgan fingerprint density at radius 1 is 1.05 bits per heavy atom. The zero-order valence-electron chi connectivity index (χ0n) is 20.0. The zero-order chi connectivity index (χ0) is 26.8. The maximum atomic E-state index is 13.9. The molecule has 0 saturated carbocycles. The summed E-state index contributed by atoms with van der Waals surface area (Å²) in [7, 11) is -3.50. The molecule has 0 atom stereocenters. The lowest BCUT2D eigenvalue weighted by Gasteiger charge is -2.39. The van der Waals surface area contributed by atoms with Gasteiger partial charge in [-0.2, -0.15) is 13.2 Å². The van der Waals surface area contributed by atoms with Crippen LogP contribution in [0.3, 0.4) is 0 Å². The van der Waals surface area contributed by atoms with E-state index in [-0.39, 0.29) is 0 Å². The van der Waals surface area contributed by atoms with Crippen molar-refractivity contribution in [1.29, 1.82) is 0 Å². The summed E-state index contributed by atoms with van der Waals surface area (Å²) in [6, 6.07) is 17.7. The van der Waals surface area contributed by atoms with E-state index in [2.05, 4.69) is 9.88 Å². The number of nitrogens with zero attached hydrogens (tertiary/aromatic N) is 3. The number of carboxylic acid groups (broad SMARTS) is 1. The van der Waals surface area contributed by atoms with Gasteiger partial charge in [-0.05, 0) is 37.0 Å². The molecule has 0 bridgehead atoms. The number of sulfonamides is 1. The van der Waals surface area contributed by atoms with Gasteiger partial charge < -0.3 is 5.11 Å². The number of fused-ring (bicyclic) bond motifs is 2. The second-order valence-corrected chi connectivity index (χ2v) is 12.1. The molecule has 37 heavy (non-hydrogen) atoms. The van der Waals surface area contributed by atoms with Crippen LogP contribution < -0.4 is 4.31 Å². The number of likely N-dealkylation sites (tertiary alicyclic amines) is 1. The van der Waals surface area contributed by atoms with Crippen LogP contribution >= 0.6 is 11.3 Å². The molecule has 1 aromatic heterocycles. The van der Waals surface area contributed by atoms with Gasteiger partial charge in [0.15, 0.2) is 0 Å². The highest BCUT2D eigenvalue weighted by molar-refractivity contribution is 7.94. The number of hydrogen-bond acceptors (Lipinski definition) is 6. The van der Waals surface area contributed by atoms with Crippen LogP contribution in [0.4, 0.5) is 18.9 Å². The highest BCUT2D eigenvalue weighted by atomic mass is 32.2. The molecule has 2 aromatic carbocycles. The summed E-state index contributed by atoms with van der Waals surface area (Å²) in [6.07, 6.45) is -3.84. The van der Waals surface area contributed by atoms with Crippen molar-refractivity contribution in [2.75, 3.05) is 17.4 Å². The third-order valence-corrected chi connectivity index (χ3v) is 10.2. The number of benzene rings is 2. The normalized spacial score (nSPS) is 18.2. The molecule has 2 aliphatic heterocycles. The molecule has 0 amide bonds. The van der Waals surface area contributed by atoms with Gasteiger partial charge in [-0.25, -0.2) is 18.2 Å². The number of aliphatic carboxylic acids is 1. The van der Waals surface area contributed by atoms with Crippen LogP contribution in [-0.4, -0.2) is 48.6 Å². The van der Waals surface area contributed by atoms with Gasteiger partial charge in [-0.1, -0.05) is 48.5 Å². The monoisotopic (exact) mass is 553 g/mol. The Morgan fingerprint density at radius 3 is 2.22 bits per heavy atom. The molecule has 0 unspecified atom stereocenters. The molecule has 2 aliphatic rings. The van der Waals surface area contributed by atoms with E-state index in [9.17, 15) is 21.6 Å². The molecular formula is C25H26F3N3O4S2.